The molecule has 1 aliphatic rings. The highest BCUT2D eigenvalue weighted by Gasteiger charge is 2.45. The molecule has 0 saturated carbocycles. The molecule has 66 valence electrons. The van der Waals surface area contributed by atoms with Crippen LogP contribution in [-0.2, 0) is 9.84 Å². The molecule has 1 fully saturated rings. The summed E-state index contributed by atoms with van der Waals surface area (Å²) in [5.74, 6) is 0.134. The first kappa shape index (κ1) is 8.22. The zero-order chi connectivity index (χ0) is 8.77. The van der Waals surface area contributed by atoms with E-state index in [1.165, 1.54) is 11.3 Å². The first-order valence-electron chi connectivity index (χ1n) is 3.62. The Morgan fingerprint density at radius 3 is 2.75 bits per heavy atom. The lowest BCUT2D eigenvalue weighted by Gasteiger charge is -2.32. The van der Waals surface area contributed by atoms with Gasteiger partial charge in [0, 0.05) is 10.9 Å². The highest BCUT2D eigenvalue weighted by Crippen LogP contribution is 2.37. The van der Waals surface area contributed by atoms with Crippen LogP contribution in [0.5, 0.6) is 0 Å². The average Bonchev–Trinajstić information content (AvgIpc) is 2.37. The Morgan fingerprint density at radius 2 is 2.33 bits per heavy atom. The summed E-state index contributed by atoms with van der Waals surface area (Å²) in [5, 5.41) is 1.44. The van der Waals surface area contributed by atoms with Crippen molar-refractivity contribution in [1.29, 1.82) is 0 Å². The molecule has 2 N–H and O–H groups in total. The fourth-order valence-corrected chi connectivity index (χ4v) is 4.47. The fraction of sp³-hybridized carbons (Fsp3) is 0.429. The second-order valence-corrected chi connectivity index (χ2v) is 6.08. The Bertz CT molecular complexity index is 368. The molecule has 0 spiro atoms. The average molecular weight is 203 g/mol. The molecule has 5 heteroatoms. The van der Waals surface area contributed by atoms with Crippen LogP contribution in [0.25, 0.3) is 0 Å². The van der Waals surface area contributed by atoms with Crippen LogP contribution in [0.1, 0.15) is 10.1 Å². The molecule has 2 atom stereocenters. The second kappa shape index (κ2) is 2.55. The van der Waals surface area contributed by atoms with E-state index >= 15 is 0 Å². The molecular formula is C7H9NO2S2. The summed E-state index contributed by atoms with van der Waals surface area (Å²) in [6, 6.07) is 3.47. The number of hydrogen-bond donors (Lipinski definition) is 1. The quantitative estimate of drug-likeness (QED) is 0.725. The van der Waals surface area contributed by atoms with Gasteiger partial charge >= 0.3 is 0 Å². The van der Waals surface area contributed by atoms with Gasteiger partial charge in [-0.15, -0.1) is 11.3 Å². The third kappa shape index (κ3) is 1.09. The van der Waals surface area contributed by atoms with Gasteiger partial charge < -0.3 is 5.73 Å². The summed E-state index contributed by atoms with van der Waals surface area (Å²) >= 11 is 1.45. The van der Waals surface area contributed by atoms with Crippen LogP contribution in [0, 0.1) is 0 Å². The van der Waals surface area contributed by atoms with Crippen molar-refractivity contribution >= 4 is 21.2 Å². The van der Waals surface area contributed by atoms with Crippen LogP contribution in [0.3, 0.4) is 0 Å². The minimum Gasteiger partial charge on any atom is -0.325 e. The van der Waals surface area contributed by atoms with Gasteiger partial charge in [0.25, 0.3) is 0 Å². The van der Waals surface area contributed by atoms with E-state index in [1.54, 1.807) is 0 Å². The lowest BCUT2D eigenvalue weighted by Crippen LogP contribution is -2.50. The van der Waals surface area contributed by atoms with Crippen molar-refractivity contribution in [3.63, 3.8) is 0 Å². The van der Waals surface area contributed by atoms with Gasteiger partial charge in [0.05, 0.1) is 5.75 Å². The zero-order valence-corrected chi connectivity index (χ0v) is 7.94. The van der Waals surface area contributed by atoms with E-state index in [1.807, 2.05) is 17.5 Å². The molecule has 3 nitrogen and oxygen atoms in total. The summed E-state index contributed by atoms with van der Waals surface area (Å²) < 4.78 is 22.5. The lowest BCUT2D eigenvalue weighted by atomic mass is 10.2. The Labute approximate surface area is 75.1 Å². The number of rotatable bonds is 1. The molecule has 2 unspecified atom stereocenters. The lowest BCUT2D eigenvalue weighted by molar-refractivity contribution is 0.525. The van der Waals surface area contributed by atoms with Crippen molar-refractivity contribution in [2.24, 2.45) is 5.73 Å². The molecule has 0 aromatic carbocycles. The van der Waals surface area contributed by atoms with E-state index in [9.17, 15) is 8.42 Å². The number of nitrogens with two attached hydrogens (primary N) is 1. The molecule has 0 aliphatic carbocycles. The van der Waals surface area contributed by atoms with Crippen molar-refractivity contribution in [3.8, 4) is 0 Å². The molecule has 0 amide bonds. The van der Waals surface area contributed by atoms with Crippen molar-refractivity contribution in [2.75, 3.05) is 5.75 Å². The number of hydrogen-bond acceptors (Lipinski definition) is 4. The molecule has 12 heavy (non-hydrogen) atoms. The van der Waals surface area contributed by atoms with Crippen LogP contribution < -0.4 is 5.73 Å². The molecular weight excluding hydrogens is 194 g/mol. The molecule has 0 bridgehead atoms. The van der Waals surface area contributed by atoms with Crippen molar-refractivity contribution in [2.45, 2.75) is 11.3 Å². The zero-order valence-electron chi connectivity index (χ0n) is 6.30. The SMILES string of the molecule is NC1CS(=O)(=O)C1c1cccs1. The van der Waals surface area contributed by atoms with E-state index < -0.39 is 15.1 Å². The standard InChI is InChI=1S/C7H9NO2S2/c8-5-4-12(9,10)7(5)6-2-1-3-11-6/h1-3,5,7H,4,8H2. The van der Waals surface area contributed by atoms with Gasteiger partial charge in [-0.2, -0.15) is 0 Å². The summed E-state index contributed by atoms with van der Waals surface area (Å²) in [5.41, 5.74) is 5.62. The van der Waals surface area contributed by atoms with Crippen LogP contribution in [0.4, 0.5) is 0 Å². The Hall–Kier alpha value is -0.390. The molecule has 1 aliphatic heterocycles. The number of thiophene rings is 1. The maximum atomic E-state index is 11.3. The van der Waals surface area contributed by atoms with Gasteiger partial charge in [0.1, 0.15) is 5.25 Å². The van der Waals surface area contributed by atoms with Crippen LogP contribution in [0.2, 0.25) is 0 Å². The third-order valence-corrected chi connectivity index (χ3v) is 5.36. The van der Waals surface area contributed by atoms with Crippen LogP contribution in [-0.4, -0.2) is 20.2 Å². The first-order chi connectivity index (χ1) is 5.61. The van der Waals surface area contributed by atoms with Gasteiger partial charge in [-0.3, -0.25) is 0 Å². The maximum absolute atomic E-state index is 11.3. The normalized spacial score (nSPS) is 32.8. The van der Waals surface area contributed by atoms with E-state index in [-0.39, 0.29) is 11.8 Å². The van der Waals surface area contributed by atoms with E-state index in [4.69, 9.17) is 5.73 Å². The van der Waals surface area contributed by atoms with E-state index in [2.05, 4.69) is 0 Å². The number of sulfone groups is 1. The smallest absolute Gasteiger partial charge is 0.161 e. The molecule has 2 rings (SSSR count). The van der Waals surface area contributed by atoms with Crippen molar-refractivity contribution in [1.82, 2.24) is 0 Å². The van der Waals surface area contributed by atoms with E-state index in [0.717, 1.165) is 4.88 Å². The Morgan fingerprint density at radius 1 is 1.58 bits per heavy atom. The van der Waals surface area contributed by atoms with Crippen LogP contribution >= 0.6 is 11.3 Å². The molecule has 1 aromatic rings. The van der Waals surface area contributed by atoms with Gasteiger partial charge in [-0.1, -0.05) is 6.07 Å². The highest BCUT2D eigenvalue weighted by atomic mass is 32.2. The summed E-state index contributed by atoms with van der Waals surface area (Å²) in [6.45, 7) is 0. The minimum atomic E-state index is -2.91. The monoisotopic (exact) mass is 203 g/mol. The largest absolute Gasteiger partial charge is 0.325 e. The van der Waals surface area contributed by atoms with Crippen LogP contribution in [0.15, 0.2) is 17.5 Å². The highest BCUT2D eigenvalue weighted by molar-refractivity contribution is 7.93. The fourth-order valence-electron chi connectivity index (χ4n) is 1.44. The predicted octanol–water partition coefficient (Wildman–Crippen LogP) is 0.545. The topological polar surface area (TPSA) is 60.2 Å². The van der Waals surface area contributed by atoms with Gasteiger partial charge in [-0.25, -0.2) is 8.42 Å². The maximum Gasteiger partial charge on any atom is 0.161 e. The molecule has 0 radical (unpaired) electrons. The Balaban J connectivity index is 2.36. The van der Waals surface area contributed by atoms with Gasteiger partial charge in [0.15, 0.2) is 9.84 Å². The van der Waals surface area contributed by atoms with Crippen molar-refractivity contribution < 1.29 is 8.42 Å². The summed E-state index contributed by atoms with van der Waals surface area (Å²) in [4.78, 5) is 0.869. The summed E-state index contributed by atoms with van der Waals surface area (Å²) in [6.07, 6.45) is 0. The predicted molar refractivity (Wildman–Crippen MR) is 48.8 cm³/mol. The van der Waals surface area contributed by atoms with E-state index in [0.29, 0.717) is 0 Å². The molecule has 2 heterocycles. The minimum absolute atomic E-state index is 0.134. The molecule has 1 aromatic heterocycles. The first-order valence-corrected chi connectivity index (χ1v) is 6.21. The molecule has 1 saturated heterocycles. The Kier molecular flexibility index (Phi) is 1.75. The third-order valence-electron chi connectivity index (χ3n) is 2.02. The van der Waals surface area contributed by atoms with Gasteiger partial charge in [-0.05, 0) is 11.4 Å². The second-order valence-electron chi connectivity index (χ2n) is 2.93. The van der Waals surface area contributed by atoms with Gasteiger partial charge in [0.2, 0.25) is 0 Å². The summed E-state index contributed by atoms with van der Waals surface area (Å²) in [7, 11) is -2.91. The van der Waals surface area contributed by atoms with Crippen molar-refractivity contribution in [3.05, 3.63) is 22.4 Å².